The Bertz CT molecular complexity index is 1340. The van der Waals surface area contributed by atoms with Crippen LogP contribution in [0.3, 0.4) is 0 Å². The zero-order valence-electron chi connectivity index (χ0n) is 18.0. The highest BCUT2D eigenvalue weighted by Gasteiger charge is 2.64. The topological polar surface area (TPSA) is 216 Å². The minimum atomic E-state index is -4.77. The number of benzene rings is 1. The maximum atomic E-state index is 13.6. The minimum Gasteiger partial charge on any atom is -0.508 e. The highest BCUT2D eigenvalue weighted by molar-refractivity contribution is 7.85. The molecule has 0 saturated heterocycles. The van der Waals surface area contributed by atoms with Crippen LogP contribution < -0.4 is 5.73 Å². The van der Waals surface area contributed by atoms with Crippen LogP contribution in [0.1, 0.15) is 17.5 Å². The lowest BCUT2D eigenvalue weighted by Gasteiger charge is -2.50. The summed E-state index contributed by atoms with van der Waals surface area (Å²) in [4.78, 5) is 39.3. The second kappa shape index (κ2) is 7.37. The Labute approximate surface area is 193 Å². The number of carbonyl (C=O) groups excluding carboxylic acids is 3. The van der Waals surface area contributed by atoms with Crippen LogP contribution in [0.4, 0.5) is 0 Å². The molecule has 4 atom stereocenters. The number of amides is 1. The van der Waals surface area contributed by atoms with E-state index in [4.69, 9.17) is 5.73 Å². The van der Waals surface area contributed by atoms with Crippen LogP contribution in [0.5, 0.6) is 5.75 Å². The van der Waals surface area contributed by atoms with E-state index in [2.05, 4.69) is 0 Å². The number of nitrogens with two attached hydrogens (primary N) is 1. The van der Waals surface area contributed by atoms with Gasteiger partial charge in [-0.05, 0) is 50.6 Å². The molecule has 0 unspecified atom stereocenters. The average Bonchev–Trinajstić information content (AvgIpc) is 2.69. The first-order valence-electron chi connectivity index (χ1n) is 10.1. The van der Waals surface area contributed by atoms with Crippen molar-refractivity contribution in [1.82, 2.24) is 4.90 Å². The van der Waals surface area contributed by atoms with Crippen LogP contribution in [0, 0.1) is 11.8 Å². The monoisotopic (exact) mass is 494 g/mol. The molecule has 0 spiro atoms. The maximum Gasteiger partial charge on any atom is 0.294 e. The van der Waals surface area contributed by atoms with E-state index in [1.165, 1.54) is 19.0 Å². The SMILES string of the molecule is CN(C)[C@@H]1C(=O)C(C(N)=O)=C(O)[C@@]2(O)C(=O)C3=C(O)c4c(O)ccc(S(=O)(=O)O)c4C[C@H]3C[C@@H]12. The summed E-state index contributed by atoms with van der Waals surface area (Å²) >= 11 is 0. The number of aromatic hydroxyl groups is 1. The van der Waals surface area contributed by atoms with Gasteiger partial charge in [-0.3, -0.25) is 23.8 Å². The summed E-state index contributed by atoms with van der Waals surface area (Å²) in [5.74, 6) is -8.37. The van der Waals surface area contributed by atoms with Crippen molar-refractivity contribution in [2.45, 2.75) is 29.4 Å². The number of hydrogen-bond donors (Lipinski definition) is 6. The third-order valence-corrected chi connectivity index (χ3v) is 7.78. The molecule has 1 aromatic carbocycles. The zero-order chi connectivity index (χ0) is 25.5. The molecule has 3 aliphatic rings. The number of fused-ring (bicyclic) bond motifs is 3. The summed E-state index contributed by atoms with van der Waals surface area (Å²) in [5, 5.41) is 43.4. The van der Waals surface area contributed by atoms with Gasteiger partial charge in [0.2, 0.25) is 5.78 Å². The predicted molar refractivity (Wildman–Crippen MR) is 114 cm³/mol. The highest BCUT2D eigenvalue weighted by Crippen LogP contribution is 2.53. The standard InChI is InChI=1S/C21H22N2O10S/c1-23(2)15-9-6-7-5-8-11(34(31,32)33)4-3-10(24)13(8)16(25)12(7)18(27)21(9,30)19(28)14(17(15)26)20(22)29/h3-4,7,9,15,24-25,28,30H,5-6H2,1-2H3,(H2,22,29)(H,31,32,33)/t7-,9-,15-,21-/m0/s1. The van der Waals surface area contributed by atoms with Crippen LogP contribution in [0.2, 0.25) is 0 Å². The van der Waals surface area contributed by atoms with E-state index in [1.54, 1.807) is 0 Å². The van der Waals surface area contributed by atoms with Gasteiger partial charge in [0.15, 0.2) is 11.4 Å². The fourth-order valence-electron chi connectivity index (χ4n) is 5.46. The number of ketones is 2. The number of aliphatic hydroxyl groups is 3. The Morgan fingerprint density at radius 3 is 2.32 bits per heavy atom. The molecule has 1 amide bonds. The van der Waals surface area contributed by atoms with Gasteiger partial charge < -0.3 is 26.2 Å². The molecule has 3 aliphatic carbocycles. The second-order valence-electron chi connectivity index (χ2n) is 8.87. The van der Waals surface area contributed by atoms with Crippen molar-refractivity contribution in [2.75, 3.05) is 14.1 Å². The number of nitrogens with zero attached hydrogens (tertiary/aromatic N) is 1. The quantitative estimate of drug-likeness (QED) is 0.226. The van der Waals surface area contributed by atoms with Gasteiger partial charge in [0.25, 0.3) is 16.0 Å². The van der Waals surface area contributed by atoms with Crippen LogP contribution in [-0.2, 0) is 30.9 Å². The number of carbonyl (C=O) groups is 3. The van der Waals surface area contributed by atoms with E-state index in [0.717, 1.165) is 12.1 Å². The lowest BCUT2D eigenvalue weighted by molar-refractivity contribution is -0.153. The van der Waals surface area contributed by atoms with E-state index in [-0.39, 0.29) is 18.4 Å². The Balaban J connectivity index is 2.02. The van der Waals surface area contributed by atoms with Crippen LogP contribution in [0.25, 0.3) is 5.76 Å². The van der Waals surface area contributed by atoms with Gasteiger partial charge in [0, 0.05) is 11.5 Å². The summed E-state index contributed by atoms with van der Waals surface area (Å²) in [6.45, 7) is 0. The van der Waals surface area contributed by atoms with Crippen molar-refractivity contribution in [2.24, 2.45) is 17.6 Å². The fraction of sp³-hybridized carbons (Fsp3) is 0.381. The Kier molecular flexibility index (Phi) is 5.18. The molecule has 0 aliphatic heterocycles. The van der Waals surface area contributed by atoms with Gasteiger partial charge in [-0.1, -0.05) is 0 Å². The lowest BCUT2D eigenvalue weighted by Crippen LogP contribution is -2.65. The van der Waals surface area contributed by atoms with Crippen molar-refractivity contribution in [3.05, 3.63) is 40.2 Å². The van der Waals surface area contributed by atoms with E-state index in [9.17, 15) is 47.8 Å². The van der Waals surface area contributed by atoms with Crippen molar-refractivity contribution < 1.29 is 47.8 Å². The van der Waals surface area contributed by atoms with Gasteiger partial charge >= 0.3 is 0 Å². The third-order valence-electron chi connectivity index (χ3n) is 6.84. The van der Waals surface area contributed by atoms with Gasteiger partial charge in [0.05, 0.1) is 16.5 Å². The summed E-state index contributed by atoms with van der Waals surface area (Å²) < 4.78 is 33.4. The number of aliphatic hydroxyl groups excluding tert-OH is 2. The molecule has 1 aromatic rings. The van der Waals surface area contributed by atoms with E-state index >= 15 is 0 Å². The number of rotatable bonds is 3. The summed E-state index contributed by atoms with van der Waals surface area (Å²) in [7, 11) is -1.85. The molecule has 1 saturated carbocycles. The van der Waals surface area contributed by atoms with Gasteiger partial charge in [-0.2, -0.15) is 8.42 Å². The molecule has 0 aromatic heterocycles. The Morgan fingerprint density at radius 2 is 1.79 bits per heavy atom. The van der Waals surface area contributed by atoms with Crippen molar-refractivity contribution >= 4 is 33.4 Å². The Morgan fingerprint density at radius 1 is 1.18 bits per heavy atom. The number of hydrogen-bond acceptors (Lipinski definition) is 10. The summed E-state index contributed by atoms with van der Waals surface area (Å²) in [5.41, 5.74) is 0.528. The van der Waals surface area contributed by atoms with Crippen molar-refractivity contribution in [1.29, 1.82) is 0 Å². The average molecular weight is 494 g/mol. The minimum absolute atomic E-state index is 0.145. The second-order valence-corrected chi connectivity index (χ2v) is 10.3. The van der Waals surface area contributed by atoms with Crippen LogP contribution in [0.15, 0.2) is 33.9 Å². The van der Waals surface area contributed by atoms with E-state index < -0.39 is 89.9 Å². The molecule has 12 nitrogen and oxygen atoms in total. The normalized spacial score (nSPS) is 29.1. The molecule has 4 rings (SSSR count). The van der Waals surface area contributed by atoms with E-state index in [0.29, 0.717) is 0 Å². The van der Waals surface area contributed by atoms with Crippen molar-refractivity contribution in [3.8, 4) is 5.75 Å². The van der Waals surface area contributed by atoms with Crippen LogP contribution >= 0.6 is 0 Å². The highest BCUT2D eigenvalue weighted by atomic mass is 32.2. The molecule has 0 radical (unpaired) electrons. The Hall–Kier alpha value is -3.26. The first-order chi connectivity index (χ1) is 15.6. The predicted octanol–water partition coefficient (Wildman–Crippen LogP) is -0.789. The number of likely N-dealkylation sites (N-methyl/N-ethyl adjacent to an activating group) is 1. The molecule has 182 valence electrons. The zero-order valence-corrected chi connectivity index (χ0v) is 18.8. The first-order valence-corrected chi connectivity index (χ1v) is 11.5. The van der Waals surface area contributed by atoms with Gasteiger partial charge in [-0.15, -0.1) is 0 Å². The fourth-order valence-corrected chi connectivity index (χ4v) is 6.19. The number of phenols is 1. The van der Waals surface area contributed by atoms with Gasteiger partial charge in [0.1, 0.15) is 22.8 Å². The number of phenolic OH excluding ortho intramolecular Hbond substituents is 1. The third kappa shape index (κ3) is 3.01. The molecular weight excluding hydrogens is 472 g/mol. The molecule has 7 N–H and O–H groups in total. The molecule has 13 heteroatoms. The maximum absolute atomic E-state index is 13.6. The summed E-state index contributed by atoms with van der Waals surface area (Å²) in [6, 6.07) is 0.597. The molecular formula is C21H22N2O10S. The number of primary amides is 1. The van der Waals surface area contributed by atoms with Crippen LogP contribution in [-0.4, -0.2) is 81.5 Å². The molecule has 0 heterocycles. The lowest BCUT2D eigenvalue weighted by atomic mass is 9.57. The molecule has 34 heavy (non-hydrogen) atoms. The van der Waals surface area contributed by atoms with Gasteiger partial charge in [-0.25, -0.2) is 0 Å². The molecule has 1 fully saturated rings. The smallest absolute Gasteiger partial charge is 0.294 e. The summed E-state index contributed by atoms with van der Waals surface area (Å²) in [6.07, 6.45) is -0.454. The number of Topliss-reactive ketones (excluding diaryl/α,β-unsaturated/α-hetero) is 2. The first kappa shape index (κ1) is 23.9. The van der Waals surface area contributed by atoms with Crippen molar-refractivity contribution in [3.63, 3.8) is 0 Å². The van der Waals surface area contributed by atoms with E-state index in [1.807, 2.05) is 0 Å². The largest absolute Gasteiger partial charge is 0.508 e. The molecule has 0 bridgehead atoms.